The minimum Gasteiger partial charge on any atom is -0.504 e. The maximum absolute atomic E-state index is 12.8. The number of amides is 1. The third kappa shape index (κ3) is 5.21. The Kier molecular flexibility index (Phi) is 7.45. The maximum atomic E-state index is 12.8. The molecule has 1 aliphatic rings. The van der Waals surface area contributed by atoms with E-state index in [4.69, 9.17) is 5.73 Å². The molecule has 33 heavy (non-hydrogen) atoms. The summed E-state index contributed by atoms with van der Waals surface area (Å²) in [7, 11) is 0. The fourth-order valence-corrected chi connectivity index (χ4v) is 3.55. The van der Waals surface area contributed by atoms with Crippen molar-refractivity contribution in [3.63, 3.8) is 0 Å². The summed E-state index contributed by atoms with van der Waals surface area (Å²) in [5, 5.41) is 38.3. The topological polar surface area (TPSA) is 181 Å². The zero-order valence-corrected chi connectivity index (χ0v) is 18.6. The molecular formula is C19H24ClN9O4. The van der Waals surface area contributed by atoms with Crippen LogP contribution in [0, 0.1) is 0 Å². The fourth-order valence-electron chi connectivity index (χ4n) is 3.55. The highest BCUT2D eigenvalue weighted by atomic mass is 35.5. The molecule has 3 aromatic rings. The number of phenols is 2. The van der Waals surface area contributed by atoms with Gasteiger partial charge in [-0.1, -0.05) is 11.6 Å². The number of aromatic nitrogens is 5. The largest absolute Gasteiger partial charge is 0.504 e. The van der Waals surface area contributed by atoms with Crippen LogP contribution in [0.1, 0.15) is 47.9 Å². The number of benzene rings is 1. The molecule has 0 bridgehead atoms. The lowest BCUT2D eigenvalue weighted by atomic mass is 10.0. The van der Waals surface area contributed by atoms with E-state index >= 15 is 0 Å². The van der Waals surface area contributed by atoms with Gasteiger partial charge in [-0.15, -0.1) is 17.5 Å². The van der Waals surface area contributed by atoms with E-state index < -0.39 is 5.91 Å². The van der Waals surface area contributed by atoms with Gasteiger partial charge in [0.2, 0.25) is 11.6 Å². The Morgan fingerprint density at radius 2 is 2.15 bits per heavy atom. The fraction of sp³-hybridized carbons (Fsp3) is 0.368. The summed E-state index contributed by atoms with van der Waals surface area (Å²) in [6, 6.07) is 4.49. The highest BCUT2D eigenvalue weighted by molar-refractivity contribution is 5.94. The van der Waals surface area contributed by atoms with E-state index in [1.165, 1.54) is 29.1 Å². The zero-order valence-electron chi connectivity index (χ0n) is 17.7. The van der Waals surface area contributed by atoms with Crippen LogP contribution in [-0.4, -0.2) is 65.1 Å². The number of aromatic hydroxyl groups is 2. The molecule has 0 aliphatic carbocycles. The maximum Gasteiger partial charge on any atom is 0.293 e. The lowest BCUT2D eigenvalue weighted by Gasteiger charge is -2.33. The molecule has 1 aliphatic heterocycles. The molecule has 13 nitrogen and oxygen atoms in total. The van der Waals surface area contributed by atoms with Crippen LogP contribution in [0.2, 0.25) is 0 Å². The van der Waals surface area contributed by atoms with E-state index in [-0.39, 0.29) is 41.2 Å². The third-order valence-corrected chi connectivity index (χ3v) is 5.35. The molecule has 1 amide bonds. The van der Waals surface area contributed by atoms with Gasteiger partial charge in [-0.25, -0.2) is 10.1 Å². The van der Waals surface area contributed by atoms with Crippen molar-refractivity contribution in [2.24, 2.45) is 5.10 Å². The molecule has 14 heteroatoms. The van der Waals surface area contributed by atoms with Crippen molar-refractivity contribution in [2.75, 3.05) is 12.3 Å². The SMILES string of the molecule is CC1CCCCN1Cc1c(C(=O)N/N=C\c2ccc(O)c(O)c2)nnn1-c1nonc1N.Cl. The Hall–Kier alpha value is -3.71. The number of nitrogens with zero attached hydrogens (tertiary/aromatic N) is 7. The molecule has 176 valence electrons. The van der Waals surface area contributed by atoms with Gasteiger partial charge in [0.05, 0.1) is 11.9 Å². The van der Waals surface area contributed by atoms with Crippen molar-refractivity contribution in [1.29, 1.82) is 0 Å². The normalized spacial score (nSPS) is 16.6. The second-order valence-electron chi connectivity index (χ2n) is 7.53. The molecular weight excluding hydrogens is 454 g/mol. The predicted octanol–water partition coefficient (Wildman–Crippen LogP) is 1.20. The highest BCUT2D eigenvalue weighted by Crippen LogP contribution is 2.24. The highest BCUT2D eigenvalue weighted by Gasteiger charge is 2.28. The summed E-state index contributed by atoms with van der Waals surface area (Å²) in [5.74, 6) is -0.939. The van der Waals surface area contributed by atoms with Crippen molar-refractivity contribution < 1.29 is 19.6 Å². The molecule has 0 spiro atoms. The van der Waals surface area contributed by atoms with Crippen LogP contribution >= 0.6 is 12.4 Å². The second kappa shape index (κ2) is 10.3. The number of carbonyl (C=O) groups excluding carboxylic acids is 1. The standard InChI is InChI=1S/C19H23N9O4.ClH/c1-11-4-2-3-7-27(11)10-13-16(22-26-28(13)18-17(20)24-32-25-18)19(31)23-21-9-12-5-6-14(29)15(30)8-12;/h5-6,8-9,11,29-30H,2-4,7,10H2,1H3,(H2,20,24)(H,23,31);1H/b21-9-;. The number of hydrogen-bond acceptors (Lipinski definition) is 11. The number of halogens is 1. The van der Waals surface area contributed by atoms with Gasteiger partial charge < -0.3 is 15.9 Å². The van der Waals surface area contributed by atoms with Crippen LogP contribution in [0.3, 0.4) is 0 Å². The Bertz CT molecular complexity index is 1150. The average Bonchev–Trinajstić information content (AvgIpc) is 3.38. The van der Waals surface area contributed by atoms with Gasteiger partial charge in [0.25, 0.3) is 5.91 Å². The van der Waals surface area contributed by atoms with Gasteiger partial charge in [0.15, 0.2) is 17.2 Å². The Morgan fingerprint density at radius 1 is 1.33 bits per heavy atom. The second-order valence-corrected chi connectivity index (χ2v) is 7.53. The molecule has 1 saturated heterocycles. The van der Waals surface area contributed by atoms with Crippen LogP contribution in [0.5, 0.6) is 11.5 Å². The Labute approximate surface area is 194 Å². The summed E-state index contributed by atoms with van der Waals surface area (Å²) in [4.78, 5) is 15.1. The lowest BCUT2D eigenvalue weighted by Crippen LogP contribution is -2.38. The van der Waals surface area contributed by atoms with Crippen molar-refractivity contribution in [2.45, 2.75) is 38.8 Å². The quantitative estimate of drug-likeness (QED) is 0.229. The number of nitrogens with two attached hydrogens (primary N) is 1. The molecule has 0 radical (unpaired) electrons. The molecule has 4 rings (SSSR count). The molecule has 5 N–H and O–H groups in total. The van der Waals surface area contributed by atoms with Gasteiger partial charge >= 0.3 is 0 Å². The van der Waals surface area contributed by atoms with Gasteiger partial charge in [-0.3, -0.25) is 9.69 Å². The van der Waals surface area contributed by atoms with Crippen LogP contribution in [-0.2, 0) is 6.54 Å². The van der Waals surface area contributed by atoms with E-state index in [1.54, 1.807) is 0 Å². The van der Waals surface area contributed by atoms with E-state index in [1.807, 2.05) is 0 Å². The van der Waals surface area contributed by atoms with Gasteiger partial charge in [0.1, 0.15) is 0 Å². The van der Waals surface area contributed by atoms with Gasteiger partial charge in [0, 0.05) is 12.6 Å². The first-order valence-corrected chi connectivity index (χ1v) is 10.1. The molecule has 1 aromatic carbocycles. The van der Waals surface area contributed by atoms with Crippen molar-refractivity contribution in [3.8, 4) is 17.3 Å². The average molecular weight is 478 g/mol. The third-order valence-electron chi connectivity index (χ3n) is 5.35. The number of rotatable bonds is 6. The number of anilines is 1. The molecule has 3 heterocycles. The molecule has 1 fully saturated rings. The molecule has 1 unspecified atom stereocenters. The summed E-state index contributed by atoms with van der Waals surface area (Å²) < 4.78 is 6.03. The van der Waals surface area contributed by atoms with Gasteiger partial charge in [-0.05, 0) is 60.4 Å². The zero-order chi connectivity index (χ0) is 22.7. The Balaban J connectivity index is 0.00000306. The summed E-state index contributed by atoms with van der Waals surface area (Å²) in [6.07, 6.45) is 4.60. The van der Waals surface area contributed by atoms with E-state index in [9.17, 15) is 15.0 Å². The summed E-state index contributed by atoms with van der Waals surface area (Å²) in [5.41, 5.74) is 9.26. The molecule has 1 atom stereocenters. The first-order valence-electron chi connectivity index (χ1n) is 10.1. The number of piperidine rings is 1. The number of hydrogen-bond donors (Lipinski definition) is 4. The monoisotopic (exact) mass is 477 g/mol. The molecule has 2 aromatic heterocycles. The summed E-state index contributed by atoms with van der Waals surface area (Å²) in [6.45, 7) is 3.41. The van der Waals surface area contributed by atoms with Gasteiger partial charge in [-0.2, -0.15) is 9.78 Å². The van der Waals surface area contributed by atoms with E-state index in [0.717, 1.165) is 25.8 Å². The van der Waals surface area contributed by atoms with Crippen LogP contribution in [0.15, 0.2) is 27.9 Å². The first-order chi connectivity index (χ1) is 15.4. The number of likely N-dealkylation sites (tertiary alicyclic amines) is 1. The predicted molar refractivity (Wildman–Crippen MR) is 119 cm³/mol. The number of phenolic OH excluding ortho intramolecular Hbond substituents is 2. The summed E-state index contributed by atoms with van der Waals surface area (Å²) >= 11 is 0. The first kappa shape index (κ1) is 23.9. The Morgan fingerprint density at radius 3 is 2.85 bits per heavy atom. The lowest BCUT2D eigenvalue weighted by molar-refractivity contribution is 0.0945. The van der Waals surface area contributed by atoms with Crippen molar-refractivity contribution >= 4 is 30.3 Å². The minimum absolute atomic E-state index is 0. The van der Waals surface area contributed by atoms with Crippen LogP contribution in [0.4, 0.5) is 5.82 Å². The van der Waals surface area contributed by atoms with Crippen molar-refractivity contribution in [3.05, 3.63) is 35.2 Å². The number of carbonyl (C=O) groups is 1. The van der Waals surface area contributed by atoms with E-state index in [2.05, 4.69) is 47.6 Å². The minimum atomic E-state index is -0.579. The van der Waals surface area contributed by atoms with E-state index in [0.29, 0.717) is 23.8 Å². The number of nitrogens with one attached hydrogen (secondary N) is 1. The number of hydrazone groups is 1. The van der Waals surface area contributed by atoms with Crippen LogP contribution < -0.4 is 11.2 Å². The van der Waals surface area contributed by atoms with Crippen LogP contribution in [0.25, 0.3) is 5.82 Å². The smallest absolute Gasteiger partial charge is 0.293 e. The molecule has 0 saturated carbocycles. The van der Waals surface area contributed by atoms with Crippen molar-refractivity contribution in [1.82, 2.24) is 35.6 Å². The number of nitrogen functional groups attached to an aromatic ring is 1.